The van der Waals surface area contributed by atoms with E-state index >= 15 is 0 Å². The molecule has 1 saturated heterocycles. The number of hydrogen-bond donors (Lipinski definition) is 2. The number of esters is 1. The predicted octanol–water partition coefficient (Wildman–Crippen LogP) is 2.73. The Hall–Kier alpha value is -2.78. The van der Waals surface area contributed by atoms with Gasteiger partial charge in [0.05, 0.1) is 29.4 Å². The lowest BCUT2D eigenvalue weighted by Crippen LogP contribution is -2.42. The maximum atomic E-state index is 14.2. The van der Waals surface area contributed by atoms with Crippen molar-refractivity contribution in [1.29, 1.82) is 0 Å². The van der Waals surface area contributed by atoms with Crippen LogP contribution < -0.4 is 10.6 Å². The number of methoxy groups -OCH3 is 1. The predicted molar refractivity (Wildman–Crippen MR) is 106 cm³/mol. The first-order valence-electron chi connectivity index (χ1n) is 8.80. The second-order valence-corrected chi connectivity index (χ2v) is 7.74. The van der Waals surface area contributed by atoms with Crippen molar-refractivity contribution in [2.45, 2.75) is 24.9 Å². The summed E-state index contributed by atoms with van der Waals surface area (Å²) in [6.45, 7) is 0. The van der Waals surface area contributed by atoms with Gasteiger partial charge in [0.15, 0.2) is 10.8 Å². The van der Waals surface area contributed by atoms with Crippen molar-refractivity contribution < 1.29 is 18.7 Å². The molecule has 3 heterocycles. The number of ether oxygens (including phenoxy) is 1. The minimum Gasteiger partial charge on any atom is -0.466 e. The highest BCUT2D eigenvalue weighted by molar-refractivity contribution is 7.11. The van der Waals surface area contributed by atoms with Crippen LogP contribution in [0.1, 0.15) is 29.5 Å². The van der Waals surface area contributed by atoms with Gasteiger partial charge in [-0.05, 0) is 12.5 Å². The number of halogens is 2. The van der Waals surface area contributed by atoms with Crippen molar-refractivity contribution in [1.82, 2.24) is 15.6 Å². The van der Waals surface area contributed by atoms with Crippen molar-refractivity contribution in [3.05, 3.63) is 62.5 Å². The van der Waals surface area contributed by atoms with E-state index in [4.69, 9.17) is 16.3 Å². The summed E-state index contributed by atoms with van der Waals surface area (Å²) in [6.07, 6.45) is 2.46. The smallest absolute Gasteiger partial charge is 0.338 e. The van der Waals surface area contributed by atoms with Crippen LogP contribution in [0.2, 0.25) is 5.02 Å². The highest BCUT2D eigenvalue weighted by Crippen LogP contribution is 2.38. The molecular weight excluding hydrogens is 419 g/mol. The SMILES string of the molecule is COC(=O)C1=C(C2CCC(=O)N2)NC(c2nccs2)=NC1c1cccc(F)c1Cl. The van der Waals surface area contributed by atoms with Gasteiger partial charge >= 0.3 is 5.97 Å². The molecule has 0 radical (unpaired) electrons. The molecule has 2 N–H and O–H groups in total. The van der Waals surface area contributed by atoms with E-state index in [0.717, 1.165) is 0 Å². The third-order valence-electron chi connectivity index (χ3n) is 4.73. The quantitative estimate of drug-likeness (QED) is 0.722. The van der Waals surface area contributed by atoms with Crippen LogP contribution in [0.15, 0.2) is 46.0 Å². The molecule has 4 rings (SSSR count). The number of thiazole rings is 1. The number of amides is 1. The first kappa shape index (κ1) is 19.5. The Balaban J connectivity index is 1.91. The summed E-state index contributed by atoms with van der Waals surface area (Å²) in [5.74, 6) is -0.962. The van der Waals surface area contributed by atoms with Crippen LogP contribution >= 0.6 is 22.9 Å². The molecule has 150 valence electrons. The number of benzene rings is 1. The number of carbonyl (C=O) groups excluding carboxylic acids is 2. The van der Waals surface area contributed by atoms with E-state index in [0.29, 0.717) is 34.9 Å². The summed E-state index contributed by atoms with van der Waals surface area (Å²) in [7, 11) is 1.25. The van der Waals surface area contributed by atoms with Crippen LogP contribution in [-0.4, -0.2) is 35.8 Å². The topological polar surface area (TPSA) is 92.7 Å². The molecule has 1 aromatic heterocycles. The Labute approximate surface area is 174 Å². The van der Waals surface area contributed by atoms with Gasteiger partial charge in [-0.3, -0.25) is 9.79 Å². The molecule has 1 amide bonds. The van der Waals surface area contributed by atoms with Crippen LogP contribution in [0.5, 0.6) is 0 Å². The number of amidine groups is 1. The van der Waals surface area contributed by atoms with Gasteiger partial charge in [0.25, 0.3) is 0 Å². The van der Waals surface area contributed by atoms with Gasteiger partial charge in [-0.15, -0.1) is 11.3 Å². The molecular formula is C19H16ClFN4O3S. The number of hydrogen-bond acceptors (Lipinski definition) is 7. The number of aliphatic imine (C=N–C) groups is 1. The van der Waals surface area contributed by atoms with E-state index in [-0.39, 0.29) is 16.5 Å². The number of rotatable bonds is 4. The van der Waals surface area contributed by atoms with Crippen molar-refractivity contribution in [2.75, 3.05) is 7.11 Å². The Bertz CT molecular complexity index is 1040. The van der Waals surface area contributed by atoms with E-state index in [1.165, 1.54) is 30.6 Å². The Kier molecular flexibility index (Phi) is 5.33. The molecule has 0 saturated carbocycles. The second-order valence-electron chi connectivity index (χ2n) is 6.46. The third-order valence-corrected chi connectivity index (χ3v) is 5.91. The van der Waals surface area contributed by atoms with Gasteiger partial charge in [0, 0.05) is 23.6 Å². The molecule has 2 atom stereocenters. The fourth-order valence-electron chi connectivity index (χ4n) is 3.41. The normalized spacial score (nSPS) is 21.5. The molecule has 1 aromatic carbocycles. The summed E-state index contributed by atoms with van der Waals surface area (Å²) in [6, 6.07) is 2.99. The molecule has 2 aliphatic rings. The summed E-state index contributed by atoms with van der Waals surface area (Å²) in [5.41, 5.74) is 0.949. The van der Waals surface area contributed by atoms with Crippen LogP contribution in [0.4, 0.5) is 4.39 Å². The van der Waals surface area contributed by atoms with E-state index in [1.807, 2.05) is 0 Å². The minimum atomic E-state index is -0.918. The van der Waals surface area contributed by atoms with E-state index in [1.54, 1.807) is 17.6 Å². The number of carbonyl (C=O) groups is 2. The summed E-state index contributed by atoms with van der Waals surface area (Å²) in [4.78, 5) is 33.4. The summed E-state index contributed by atoms with van der Waals surface area (Å²) < 4.78 is 19.2. The van der Waals surface area contributed by atoms with Gasteiger partial charge < -0.3 is 15.4 Å². The lowest BCUT2D eigenvalue weighted by molar-refractivity contribution is -0.136. The first-order chi connectivity index (χ1) is 14.0. The molecule has 1 fully saturated rings. The monoisotopic (exact) mass is 434 g/mol. The van der Waals surface area contributed by atoms with Crippen LogP contribution in [-0.2, 0) is 14.3 Å². The van der Waals surface area contributed by atoms with Crippen molar-refractivity contribution >= 4 is 40.6 Å². The van der Waals surface area contributed by atoms with Gasteiger partial charge in [-0.1, -0.05) is 23.7 Å². The Morgan fingerprint density at radius 1 is 1.41 bits per heavy atom. The zero-order chi connectivity index (χ0) is 20.5. The van der Waals surface area contributed by atoms with Crippen LogP contribution in [0.25, 0.3) is 0 Å². The fraction of sp³-hybridized carbons (Fsp3) is 0.263. The zero-order valence-corrected chi connectivity index (χ0v) is 16.8. The number of aromatic nitrogens is 1. The average Bonchev–Trinajstić information content (AvgIpc) is 3.40. The van der Waals surface area contributed by atoms with E-state index in [2.05, 4.69) is 20.6 Å². The first-order valence-corrected chi connectivity index (χ1v) is 10.1. The highest BCUT2D eigenvalue weighted by atomic mass is 35.5. The average molecular weight is 435 g/mol. The maximum absolute atomic E-state index is 14.2. The maximum Gasteiger partial charge on any atom is 0.338 e. The molecule has 0 spiro atoms. The molecule has 2 aliphatic heterocycles. The van der Waals surface area contributed by atoms with Crippen LogP contribution in [0, 0.1) is 5.82 Å². The van der Waals surface area contributed by atoms with Gasteiger partial charge in [-0.25, -0.2) is 14.2 Å². The fourth-order valence-corrected chi connectivity index (χ4v) is 4.23. The minimum absolute atomic E-state index is 0.118. The van der Waals surface area contributed by atoms with E-state index < -0.39 is 23.9 Å². The molecule has 7 nitrogen and oxygen atoms in total. The van der Waals surface area contributed by atoms with Gasteiger partial charge in [-0.2, -0.15) is 0 Å². The Morgan fingerprint density at radius 2 is 2.24 bits per heavy atom. The van der Waals surface area contributed by atoms with E-state index in [9.17, 15) is 14.0 Å². The van der Waals surface area contributed by atoms with Gasteiger partial charge in [0.2, 0.25) is 5.91 Å². The molecule has 2 aromatic rings. The Morgan fingerprint density at radius 3 is 2.90 bits per heavy atom. The summed E-state index contributed by atoms with van der Waals surface area (Å²) >= 11 is 7.58. The molecule has 10 heteroatoms. The lowest BCUT2D eigenvalue weighted by Gasteiger charge is -2.29. The summed E-state index contributed by atoms with van der Waals surface area (Å²) in [5, 5.41) is 8.25. The highest BCUT2D eigenvalue weighted by Gasteiger charge is 2.38. The molecule has 0 bridgehead atoms. The number of nitrogens with one attached hydrogen (secondary N) is 2. The second kappa shape index (κ2) is 7.92. The van der Waals surface area contributed by atoms with Crippen LogP contribution in [0.3, 0.4) is 0 Å². The third kappa shape index (κ3) is 3.63. The molecule has 0 aliphatic carbocycles. The number of nitrogens with zero attached hydrogens (tertiary/aromatic N) is 2. The standard InChI is InChI=1S/C19H16ClFN4O3S/c1-28-19(27)13-15(9-3-2-4-10(21)14(9)20)24-17(18-22-7-8-29-18)25-16(13)11-5-6-12(26)23-11/h2-4,7-8,11,15H,5-6H2,1H3,(H,23,26)(H,24,25). The largest absolute Gasteiger partial charge is 0.466 e. The van der Waals surface area contributed by atoms with Gasteiger partial charge in [0.1, 0.15) is 11.9 Å². The molecule has 29 heavy (non-hydrogen) atoms. The lowest BCUT2D eigenvalue weighted by atomic mass is 9.92. The van der Waals surface area contributed by atoms with Crippen molar-refractivity contribution in [2.24, 2.45) is 4.99 Å². The molecule has 2 unspecified atom stereocenters. The van der Waals surface area contributed by atoms with Crippen molar-refractivity contribution in [3.8, 4) is 0 Å². The zero-order valence-electron chi connectivity index (χ0n) is 15.2. The van der Waals surface area contributed by atoms with Crippen molar-refractivity contribution in [3.63, 3.8) is 0 Å².